The topological polar surface area (TPSA) is 89.7 Å². The minimum atomic E-state index is -0.972. The summed E-state index contributed by atoms with van der Waals surface area (Å²) >= 11 is 0. The summed E-state index contributed by atoms with van der Waals surface area (Å²) in [5, 5.41) is 19.3. The van der Waals surface area contributed by atoms with Gasteiger partial charge in [0, 0.05) is 6.07 Å². The molecule has 0 unspecified atom stereocenters. The third kappa shape index (κ3) is 3.44. The molecule has 17 heavy (non-hydrogen) atoms. The molecule has 0 aliphatic rings. The van der Waals surface area contributed by atoms with Crippen LogP contribution in [-0.4, -0.2) is 22.1 Å². The van der Waals surface area contributed by atoms with E-state index >= 15 is 0 Å². The molecule has 1 N–H and O–H groups in total. The van der Waals surface area contributed by atoms with Crippen LogP contribution in [0.3, 0.4) is 0 Å². The summed E-state index contributed by atoms with van der Waals surface area (Å²) in [5.41, 5.74) is 0.361. The second kappa shape index (κ2) is 5.29. The Labute approximate surface area is 98.0 Å². The zero-order valence-corrected chi connectivity index (χ0v) is 9.54. The number of carboxylic acid groups (broad SMARTS) is 1. The van der Waals surface area contributed by atoms with E-state index in [0.29, 0.717) is 11.3 Å². The number of nitro groups is 1. The van der Waals surface area contributed by atoms with Crippen molar-refractivity contribution < 1.29 is 19.6 Å². The van der Waals surface area contributed by atoms with Crippen LogP contribution < -0.4 is 4.74 Å². The Morgan fingerprint density at radius 3 is 2.76 bits per heavy atom. The molecule has 0 heterocycles. The first-order chi connectivity index (χ1) is 7.91. The highest BCUT2D eigenvalue weighted by Gasteiger charge is 2.16. The summed E-state index contributed by atoms with van der Waals surface area (Å²) < 4.78 is 5.36. The minimum Gasteiger partial charge on any atom is -0.490 e. The molecule has 0 saturated carbocycles. The molecule has 0 aliphatic heterocycles. The van der Waals surface area contributed by atoms with Gasteiger partial charge in [-0.15, -0.1) is 0 Å². The number of nitrogens with zero attached hydrogens (tertiary/aromatic N) is 1. The van der Waals surface area contributed by atoms with Crippen LogP contribution in [0.5, 0.6) is 5.75 Å². The van der Waals surface area contributed by atoms with Gasteiger partial charge >= 0.3 is 5.97 Å². The molecule has 0 saturated heterocycles. The van der Waals surface area contributed by atoms with E-state index in [1.54, 1.807) is 19.9 Å². The lowest BCUT2D eigenvalue weighted by atomic mass is 10.2. The van der Waals surface area contributed by atoms with Crippen LogP contribution in [0, 0.1) is 17.0 Å². The fourth-order valence-electron chi connectivity index (χ4n) is 1.43. The predicted octanol–water partition coefficient (Wildman–Crippen LogP) is 2.15. The van der Waals surface area contributed by atoms with Gasteiger partial charge in [-0.3, -0.25) is 14.9 Å². The number of ether oxygens (including phenoxy) is 1. The number of carbonyl (C=O) groups is 1. The maximum absolute atomic E-state index is 10.7. The van der Waals surface area contributed by atoms with Crippen molar-refractivity contribution in [3.8, 4) is 5.75 Å². The van der Waals surface area contributed by atoms with Crippen molar-refractivity contribution in [3.63, 3.8) is 0 Å². The Morgan fingerprint density at radius 2 is 2.24 bits per heavy atom. The Hall–Kier alpha value is -2.11. The summed E-state index contributed by atoms with van der Waals surface area (Å²) in [6, 6.07) is 4.47. The molecular formula is C11H13NO5. The van der Waals surface area contributed by atoms with E-state index in [4.69, 9.17) is 9.84 Å². The molecule has 6 heteroatoms. The van der Waals surface area contributed by atoms with Crippen molar-refractivity contribution in [1.82, 2.24) is 0 Å². The highest BCUT2D eigenvalue weighted by Crippen LogP contribution is 2.27. The second-order valence-electron chi connectivity index (χ2n) is 3.68. The zero-order valence-electron chi connectivity index (χ0n) is 9.54. The smallest absolute Gasteiger partial charge is 0.307 e. The average molecular weight is 239 g/mol. The Balaban J connectivity index is 2.88. The highest BCUT2D eigenvalue weighted by atomic mass is 16.6. The van der Waals surface area contributed by atoms with Crippen molar-refractivity contribution in [2.24, 2.45) is 0 Å². The Kier molecular flexibility index (Phi) is 4.03. The van der Waals surface area contributed by atoms with E-state index in [1.165, 1.54) is 12.1 Å². The Bertz CT molecular complexity index is 443. The summed E-state index contributed by atoms with van der Waals surface area (Å²) in [7, 11) is 0. The number of aliphatic carboxylic acids is 1. The van der Waals surface area contributed by atoms with Gasteiger partial charge in [0.1, 0.15) is 11.9 Å². The molecule has 0 aromatic heterocycles. The first kappa shape index (κ1) is 13.0. The van der Waals surface area contributed by atoms with Crippen LogP contribution in [0.2, 0.25) is 0 Å². The van der Waals surface area contributed by atoms with Crippen LogP contribution in [0.4, 0.5) is 5.69 Å². The largest absolute Gasteiger partial charge is 0.490 e. The molecule has 0 spiro atoms. The van der Waals surface area contributed by atoms with Crippen LogP contribution in [0.15, 0.2) is 18.2 Å². The third-order valence-corrected chi connectivity index (χ3v) is 2.24. The molecule has 0 radical (unpaired) electrons. The van der Waals surface area contributed by atoms with Crippen molar-refractivity contribution in [2.45, 2.75) is 26.4 Å². The van der Waals surface area contributed by atoms with E-state index in [0.717, 1.165) is 0 Å². The van der Waals surface area contributed by atoms with Crippen LogP contribution in [0.1, 0.15) is 18.9 Å². The quantitative estimate of drug-likeness (QED) is 0.628. The van der Waals surface area contributed by atoms with Crippen molar-refractivity contribution in [2.75, 3.05) is 0 Å². The van der Waals surface area contributed by atoms with Crippen molar-refractivity contribution >= 4 is 11.7 Å². The number of nitro benzene ring substituents is 1. The number of benzene rings is 1. The molecule has 0 bridgehead atoms. The van der Waals surface area contributed by atoms with E-state index in [2.05, 4.69) is 0 Å². The van der Waals surface area contributed by atoms with Gasteiger partial charge in [-0.25, -0.2) is 0 Å². The van der Waals surface area contributed by atoms with Gasteiger partial charge in [-0.1, -0.05) is 6.07 Å². The van der Waals surface area contributed by atoms with Crippen molar-refractivity contribution in [3.05, 3.63) is 33.9 Å². The standard InChI is InChI=1S/C11H13NO5/c1-7(6-11(13)14)17-10-5-3-4-9(8(10)2)12(15)16/h3-5,7H,6H2,1-2H3,(H,13,14)/t7-/m0/s1. The summed E-state index contributed by atoms with van der Waals surface area (Å²) in [5.74, 6) is -0.631. The normalized spacial score (nSPS) is 11.9. The van der Waals surface area contributed by atoms with Gasteiger partial charge in [-0.2, -0.15) is 0 Å². The van der Waals surface area contributed by atoms with Gasteiger partial charge < -0.3 is 9.84 Å². The number of rotatable bonds is 5. The number of hydrogen-bond acceptors (Lipinski definition) is 4. The second-order valence-corrected chi connectivity index (χ2v) is 3.68. The maximum Gasteiger partial charge on any atom is 0.307 e. The minimum absolute atomic E-state index is 0.0370. The Morgan fingerprint density at radius 1 is 1.59 bits per heavy atom. The number of hydrogen-bond donors (Lipinski definition) is 1. The number of carboxylic acids is 1. The molecule has 1 aromatic rings. The van der Waals surface area contributed by atoms with Crippen LogP contribution >= 0.6 is 0 Å². The van der Waals surface area contributed by atoms with Gasteiger partial charge in [0.15, 0.2) is 0 Å². The highest BCUT2D eigenvalue weighted by molar-refractivity contribution is 5.67. The summed E-state index contributed by atoms with van der Waals surface area (Å²) in [6.07, 6.45) is -0.685. The summed E-state index contributed by atoms with van der Waals surface area (Å²) in [4.78, 5) is 20.7. The third-order valence-electron chi connectivity index (χ3n) is 2.24. The molecule has 0 amide bonds. The first-order valence-electron chi connectivity index (χ1n) is 5.04. The fraction of sp³-hybridized carbons (Fsp3) is 0.364. The average Bonchev–Trinajstić information content (AvgIpc) is 2.19. The zero-order chi connectivity index (χ0) is 13.0. The van der Waals surface area contributed by atoms with Gasteiger partial charge in [0.05, 0.1) is 16.9 Å². The van der Waals surface area contributed by atoms with Crippen LogP contribution in [-0.2, 0) is 4.79 Å². The molecule has 0 aliphatic carbocycles. The lowest BCUT2D eigenvalue weighted by Crippen LogP contribution is -2.17. The molecule has 6 nitrogen and oxygen atoms in total. The first-order valence-corrected chi connectivity index (χ1v) is 5.04. The molecule has 1 aromatic carbocycles. The van der Waals surface area contributed by atoms with E-state index < -0.39 is 17.0 Å². The molecule has 92 valence electrons. The van der Waals surface area contributed by atoms with Gasteiger partial charge in [0.2, 0.25) is 0 Å². The summed E-state index contributed by atoms with van der Waals surface area (Å²) in [6.45, 7) is 3.17. The molecule has 0 fully saturated rings. The monoisotopic (exact) mass is 239 g/mol. The lowest BCUT2D eigenvalue weighted by Gasteiger charge is -2.14. The molecular weight excluding hydrogens is 226 g/mol. The lowest BCUT2D eigenvalue weighted by molar-refractivity contribution is -0.385. The van der Waals surface area contributed by atoms with Gasteiger partial charge in [0.25, 0.3) is 5.69 Å². The molecule has 1 atom stereocenters. The SMILES string of the molecule is Cc1c(O[C@@H](C)CC(=O)O)cccc1[N+](=O)[O-]. The fourth-order valence-corrected chi connectivity index (χ4v) is 1.43. The van der Waals surface area contributed by atoms with E-state index in [9.17, 15) is 14.9 Å². The van der Waals surface area contributed by atoms with Crippen LogP contribution in [0.25, 0.3) is 0 Å². The van der Waals surface area contributed by atoms with Gasteiger partial charge in [-0.05, 0) is 19.9 Å². The van der Waals surface area contributed by atoms with E-state index in [1.807, 2.05) is 0 Å². The molecule has 1 rings (SSSR count). The van der Waals surface area contributed by atoms with Crippen molar-refractivity contribution in [1.29, 1.82) is 0 Å². The van der Waals surface area contributed by atoms with E-state index in [-0.39, 0.29) is 12.1 Å². The maximum atomic E-state index is 10.7. The predicted molar refractivity (Wildman–Crippen MR) is 60.2 cm³/mol.